The molecular formula is C14H14Cl2N2O3. The molecule has 2 aromatic rings. The molecule has 0 saturated carbocycles. The van der Waals surface area contributed by atoms with Gasteiger partial charge in [-0.15, -0.1) is 0 Å². The Bertz CT molecular complexity index is 635. The van der Waals surface area contributed by atoms with Crippen LogP contribution in [-0.2, 0) is 11.8 Å². The fourth-order valence-electron chi connectivity index (χ4n) is 1.68. The fraction of sp³-hybridized carbons (Fsp3) is 0.286. The van der Waals surface area contributed by atoms with Crippen LogP contribution in [0, 0.1) is 6.92 Å². The number of hydrogen-bond donors (Lipinski definition) is 0. The molecule has 1 heterocycles. The number of ether oxygens (including phenoxy) is 2. The van der Waals surface area contributed by atoms with Gasteiger partial charge >= 0.3 is 5.97 Å². The van der Waals surface area contributed by atoms with Gasteiger partial charge < -0.3 is 9.47 Å². The number of hydrogen-bond acceptors (Lipinski definition) is 4. The number of halogens is 2. The second kappa shape index (κ2) is 6.83. The van der Waals surface area contributed by atoms with Crippen LogP contribution in [0.25, 0.3) is 0 Å². The molecule has 7 heteroatoms. The summed E-state index contributed by atoms with van der Waals surface area (Å²) in [6.07, 6.45) is 1.48. The van der Waals surface area contributed by atoms with Crippen molar-refractivity contribution in [2.75, 3.05) is 13.2 Å². The second-order valence-corrected chi connectivity index (χ2v) is 5.12. The number of aromatic nitrogens is 2. The smallest absolute Gasteiger partial charge is 0.341 e. The van der Waals surface area contributed by atoms with Crippen LogP contribution in [-0.4, -0.2) is 29.0 Å². The summed E-state index contributed by atoms with van der Waals surface area (Å²) in [7, 11) is 1.76. The highest BCUT2D eigenvalue weighted by Crippen LogP contribution is 2.32. The van der Waals surface area contributed by atoms with Crippen molar-refractivity contribution >= 4 is 29.2 Å². The molecule has 112 valence electrons. The van der Waals surface area contributed by atoms with Crippen molar-refractivity contribution in [3.05, 3.63) is 45.7 Å². The molecule has 0 saturated heterocycles. The maximum absolute atomic E-state index is 11.8. The van der Waals surface area contributed by atoms with Crippen LogP contribution in [0.3, 0.4) is 0 Å². The maximum atomic E-state index is 11.8. The normalized spacial score (nSPS) is 10.5. The van der Waals surface area contributed by atoms with E-state index in [0.717, 1.165) is 5.69 Å². The molecule has 0 bridgehead atoms. The summed E-state index contributed by atoms with van der Waals surface area (Å²) >= 11 is 11.9. The van der Waals surface area contributed by atoms with Crippen LogP contribution in [0.1, 0.15) is 16.1 Å². The zero-order valence-electron chi connectivity index (χ0n) is 11.6. The summed E-state index contributed by atoms with van der Waals surface area (Å²) < 4.78 is 12.2. The van der Waals surface area contributed by atoms with E-state index in [2.05, 4.69) is 5.10 Å². The zero-order chi connectivity index (χ0) is 15.4. The Kier molecular flexibility index (Phi) is 5.09. The van der Waals surface area contributed by atoms with Crippen molar-refractivity contribution in [1.29, 1.82) is 0 Å². The van der Waals surface area contributed by atoms with Crippen molar-refractivity contribution in [2.45, 2.75) is 6.92 Å². The van der Waals surface area contributed by atoms with Gasteiger partial charge in [0.1, 0.15) is 18.8 Å². The highest BCUT2D eigenvalue weighted by molar-refractivity contribution is 6.37. The van der Waals surface area contributed by atoms with Gasteiger partial charge in [0.25, 0.3) is 0 Å². The van der Waals surface area contributed by atoms with Crippen LogP contribution in [0.2, 0.25) is 10.0 Å². The monoisotopic (exact) mass is 328 g/mol. The van der Waals surface area contributed by atoms with Crippen molar-refractivity contribution in [3.63, 3.8) is 0 Å². The third-order valence-electron chi connectivity index (χ3n) is 2.94. The van der Waals surface area contributed by atoms with Crippen LogP contribution in [0.5, 0.6) is 5.75 Å². The molecular weight excluding hydrogens is 315 g/mol. The van der Waals surface area contributed by atoms with E-state index in [1.54, 1.807) is 36.9 Å². The van der Waals surface area contributed by atoms with Gasteiger partial charge in [0, 0.05) is 12.7 Å². The standard InChI is InChI=1S/C14H14Cl2N2O3/c1-9-10(8-17-18(9)2)14(19)21-7-6-20-13-11(15)4-3-5-12(13)16/h3-5,8H,6-7H2,1-2H3. The second-order valence-electron chi connectivity index (χ2n) is 4.30. The molecule has 2 rings (SSSR count). The van der Waals surface area contributed by atoms with Crippen molar-refractivity contribution < 1.29 is 14.3 Å². The summed E-state index contributed by atoms with van der Waals surface area (Å²) in [4.78, 5) is 11.8. The average molecular weight is 329 g/mol. The Labute approximate surface area is 132 Å². The molecule has 0 aliphatic carbocycles. The first-order valence-electron chi connectivity index (χ1n) is 6.23. The summed E-state index contributed by atoms with van der Waals surface area (Å²) in [6, 6.07) is 5.07. The van der Waals surface area contributed by atoms with Crippen LogP contribution in [0.4, 0.5) is 0 Å². The molecule has 0 unspecified atom stereocenters. The van der Waals surface area contributed by atoms with Gasteiger partial charge in [0.05, 0.1) is 16.2 Å². The van der Waals surface area contributed by atoms with Gasteiger partial charge in [-0.2, -0.15) is 5.10 Å². The van der Waals surface area contributed by atoms with E-state index in [9.17, 15) is 4.79 Å². The third kappa shape index (κ3) is 3.68. The molecule has 0 radical (unpaired) electrons. The minimum absolute atomic E-state index is 0.0920. The Balaban J connectivity index is 1.85. The van der Waals surface area contributed by atoms with Gasteiger partial charge in [-0.3, -0.25) is 4.68 Å². The highest BCUT2D eigenvalue weighted by atomic mass is 35.5. The van der Waals surface area contributed by atoms with Crippen molar-refractivity contribution in [3.8, 4) is 5.75 Å². The Morgan fingerprint density at radius 3 is 2.52 bits per heavy atom. The van der Waals surface area contributed by atoms with E-state index in [1.807, 2.05) is 0 Å². The topological polar surface area (TPSA) is 53.4 Å². The predicted molar refractivity (Wildman–Crippen MR) is 80.2 cm³/mol. The Hall–Kier alpha value is -1.72. The van der Waals surface area contributed by atoms with E-state index >= 15 is 0 Å². The minimum atomic E-state index is -0.436. The highest BCUT2D eigenvalue weighted by Gasteiger charge is 2.14. The minimum Gasteiger partial charge on any atom is -0.487 e. The van der Waals surface area contributed by atoms with Crippen LogP contribution in [0.15, 0.2) is 24.4 Å². The van der Waals surface area contributed by atoms with E-state index < -0.39 is 5.97 Å². The molecule has 0 amide bonds. The molecule has 1 aromatic carbocycles. The van der Waals surface area contributed by atoms with Crippen molar-refractivity contribution in [1.82, 2.24) is 9.78 Å². The number of nitrogens with zero attached hydrogens (tertiary/aromatic N) is 2. The van der Waals surface area contributed by atoms with Gasteiger partial charge in [-0.25, -0.2) is 4.79 Å². The number of esters is 1. The number of carbonyl (C=O) groups excluding carboxylic acids is 1. The van der Waals surface area contributed by atoms with Crippen LogP contribution >= 0.6 is 23.2 Å². The van der Waals surface area contributed by atoms with E-state index in [-0.39, 0.29) is 13.2 Å². The average Bonchev–Trinajstić information content (AvgIpc) is 2.77. The number of aryl methyl sites for hydroxylation is 1. The SMILES string of the molecule is Cc1c(C(=O)OCCOc2c(Cl)cccc2Cl)cnn1C. The Morgan fingerprint density at radius 1 is 1.29 bits per heavy atom. The molecule has 5 nitrogen and oxygen atoms in total. The van der Waals surface area contributed by atoms with Crippen molar-refractivity contribution in [2.24, 2.45) is 7.05 Å². The first kappa shape index (κ1) is 15.7. The van der Waals surface area contributed by atoms with Gasteiger partial charge in [0.15, 0.2) is 5.75 Å². The first-order valence-corrected chi connectivity index (χ1v) is 6.99. The van der Waals surface area contributed by atoms with E-state index in [0.29, 0.717) is 21.4 Å². The lowest BCUT2D eigenvalue weighted by Gasteiger charge is -2.10. The lowest BCUT2D eigenvalue weighted by Crippen LogP contribution is -2.13. The summed E-state index contributed by atoms with van der Waals surface area (Å²) in [5, 5.41) is 4.81. The molecule has 1 aromatic heterocycles. The predicted octanol–water partition coefficient (Wildman–Crippen LogP) is 3.27. The molecule has 0 atom stereocenters. The summed E-state index contributed by atoms with van der Waals surface area (Å²) in [6.45, 7) is 2.05. The zero-order valence-corrected chi connectivity index (χ0v) is 13.1. The number of para-hydroxylation sites is 1. The largest absolute Gasteiger partial charge is 0.487 e. The third-order valence-corrected chi connectivity index (χ3v) is 3.53. The van der Waals surface area contributed by atoms with Crippen LogP contribution < -0.4 is 4.74 Å². The quantitative estimate of drug-likeness (QED) is 0.624. The number of benzene rings is 1. The fourth-order valence-corrected chi connectivity index (χ4v) is 2.18. The summed E-state index contributed by atoms with van der Waals surface area (Å²) in [5.41, 5.74) is 1.18. The molecule has 0 spiro atoms. The molecule has 0 aliphatic rings. The van der Waals surface area contributed by atoms with Gasteiger partial charge in [0.2, 0.25) is 0 Å². The van der Waals surface area contributed by atoms with E-state index in [1.165, 1.54) is 6.20 Å². The molecule has 21 heavy (non-hydrogen) atoms. The summed E-state index contributed by atoms with van der Waals surface area (Å²) in [5.74, 6) is -0.0519. The molecule has 0 fully saturated rings. The van der Waals surface area contributed by atoms with Gasteiger partial charge in [-0.05, 0) is 19.1 Å². The lowest BCUT2D eigenvalue weighted by atomic mass is 10.3. The lowest BCUT2D eigenvalue weighted by molar-refractivity contribution is 0.0449. The van der Waals surface area contributed by atoms with E-state index in [4.69, 9.17) is 32.7 Å². The maximum Gasteiger partial charge on any atom is 0.341 e. The first-order chi connectivity index (χ1) is 10.0. The molecule has 0 aliphatic heterocycles. The number of carbonyl (C=O) groups is 1. The van der Waals surface area contributed by atoms with Gasteiger partial charge in [-0.1, -0.05) is 29.3 Å². The Morgan fingerprint density at radius 2 is 1.95 bits per heavy atom. The number of rotatable bonds is 5. The molecule has 0 N–H and O–H groups in total.